The number of hydrogen-bond donors (Lipinski definition) is 0. The van der Waals surface area contributed by atoms with E-state index in [0.29, 0.717) is 0 Å². The zero-order valence-electron chi connectivity index (χ0n) is 15.8. The Morgan fingerprint density at radius 1 is 0.885 bits per heavy atom. The van der Waals surface area contributed by atoms with Gasteiger partial charge in [0.05, 0.1) is 6.61 Å². The highest BCUT2D eigenvalue weighted by Crippen LogP contribution is 2.20. The Hall–Kier alpha value is -2.10. The lowest BCUT2D eigenvalue weighted by molar-refractivity contribution is 0.149. The van der Waals surface area contributed by atoms with Gasteiger partial charge >= 0.3 is 0 Å². The van der Waals surface area contributed by atoms with Crippen LogP contribution in [0.25, 0.3) is 11.8 Å². The number of nitrogens with zero attached hydrogens (tertiary/aromatic N) is 2. The molecule has 3 nitrogen and oxygen atoms in total. The van der Waals surface area contributed by atoms with Crippen molar-refractivity contribution in [2.45, 2.75) is 12.8 Å². The van der Waals surface area contributed by atoms with Gasteiger partial charge in [0.1, 0.15) is 5.76 Å². The summed E-state index contributed by atoms with van der Waals surface area (Å²) in [6.45, 7) is 6.71. The van der Waals surface area contributed by atoms with E-state index in [1.807, 2.05) is 12.1 Å². The van der Waals surface area contributed by atoms with E-state index >= 15 is 0 Å². The Morgan fingerprint density at radius 2 is 1.54 bits per heavy atom. The maximum atomic E-state index is 6.17. The van der Waals surface area contributed by atoms with E-state index in [0.717, 1.165) is 24.4 Å². The predicted molar refractivity (Wildman–Crippen MR) is 110 cm³/mol. The summed E-state index contributed by atoms with van der Waals surface area (Å²) in [5, 5.41) is 0. The number of unbranched alkanes of at least 4 members (excludes halogenated alkanes) is 1. The van der Waals surface area contributed by atoms with Crippen molar-refractivity contribution in [1.82, 2.24) is 9.80 Å². The predicted octanol–water partition coefficient (Wildman–Crippen LogP) is 4.23. The molecule has 0 unspecified atom stereocenters. The number of ether oxygens (including phenoxy) is 1. The van der Waals surface area contributed by atoms with Gasteiger partial charge in [-0.05, 0) is 38.1 Å². The summed E-state index contributed by atoms with van der Waals surface area (Å²) >= 11 is 0. The van der Waals surface area contributed by atoms with Crippen LogP contribution in [0.5, 0.6) is 0 Å². The molecular formula is C23H30N2O. The van der Waals surface area contributed by atoms with Crippen LogP contribution in [0.4, 0.5) is 0 Å². The average Bonchev–Trinajstić information content (AvgIpc) is 2.70. The highest BCUT2D eigenvalue weighted by molar-refractivity contribution is 5.77. The second-order valence-electron chi connectivity index (χ2n) is 6.99. The zero-order valence-corrected chi connectivity index (χ0v) is 15.8. The summed E-state index contributed by atoms with van der Waals surface area (Å²) in [6, 6.07) is 20.8. The highest BCUT2D eigenvalue weighted by atomic mass is 16.5. The molecule has 3 rings (SSSR count). The molecule has 0 saturated carbocycles. The van der Waals surface area contributed by atoms with Crippen LogP contribution in [0.3, 0.4) is 0 Å². The van der Waals surface area contributed by atoms with E-state index in [9.17, 15) is 0 Å². The summed E-state index contributed by atoms with van der Waals surface area (Å²) in [6.07, 6.45) is 4.41. The molecule has 0 bridgehead atoms. The molecule has 1 aliphatic rings. The molecule has 1 aliphatic heterocycles. The summed E-state index contributed by atoms with van der Waals surface area (Å²) in [4.78, 5) is 4.97. The summed E-state index contributed by atoms with van der Waals surface area (Å²) in [5.41, 5.74) is 2.30. The van der Waals surface area contributed by atoms with Crippen molar-refractivity contribution < 1.29 is 4.74 Å². The number of hydrogen-bond acceptors (Lipinski definition) is 3. The first kappa shape index (κ1) is 18.7. The molecule has 3 heteroatoms. The summed E-state index contributed by atoms with van der Waals surface area (Å²) < 4.78 is 6.17. The van der Waals surface area contributed by atoms with Crippen molar-refractivity contribution in [3.63, 3.8) is 0 Å². The first-order chi connectivity index (χ1) is 12.8. The van der Waals surface area contributed by atoms with Crippen LogP contribution in [0.1, 0.15) is 24.0 Å². The Balaban J connectivity index is 1.50. The molecule has 2 aromatic carbocycles. The van der Waals surface area contributed by atoms with Crippen molar-refractivity contribution in [3.05, 3.63) is 71.8 Å². The molecule has 1 saturated heterocycles. The van der Waals surface area contributed by atoms with Crippen LogP contribution in [-0.2, 0) is 4.74 Å². The third-order valence-electron chi connectivity index (χ3n) is 4.88. The van der Waals surface area contributed by atoms with Crippen LogP contribution in [0, 0.1) is 0 Å². The molecule has 26 heavy (non-hydrogen) atoms. The van der Waals surface area contributed by atoms with E-state index in [4.69, 9.17) is 4.74 Å². The number of piperazine rings is 1. The third kappa shape index (κ3) is 6.01. The monoisotopic (exact) mass is 350 g/mol. The SMILES string of the molecule is CN1CCN(CCCCOC(=Cc2ccccc2)c2ccccc2)CC1. The van der Waals surface area contributed by atoms with Crippen LogP contribution < -0.4 is 0 Å². The molecule has 0 aromatic heterocycles. The van der Waals surface area contributed by atoms with Gasteiger partial charge in [-0.1, -0.05) is 60.7 Å². The Kier molecular flexibility index (Phi) is 7.29. The summed E-state index contributed by atoms with van der Waals surface area (Å²) in [5.74, 6) is 0.955. The Morgan fingerprint density at radius 3 is 2.23 bits per heavy atom. The minimum atomic E-state index is 0.765. The Labute approximate surface area is 157 Å². The fourth-order valence-electron chi connectivity index (χ4n) is 3.20. The van der Waals surface area contributed by atoms with Gasteiger partial charge in [0, 0.05) is 31.7 Å². The standard InChI is InChI=1S/C23H30N2O/c1-24-15-17-25(18-16-24)14-8-9-19-26-23(22-12-6-3-7-13-22)20-21-10-4-2-5-11-21/h2-7,10-13,20H,8-9,14-19H2,1H3. The Bertz CT molecular complexity index is 661. The minimum Gasteiger partial charge on any atom is -0.493 e. The summed E-state index contributed by atoms with van der Waals surface area (Å²) in [7, 11) is 2.20. The van der Waals surface area contributed by atoms with Gasteiger partial charge < -0.3 is 14.5 Å². The van der Waals surface area contributed by atoms with Gasteiger partial charge in [-0.25, -0.2) is 0 Å². The molecule has 0 N–H and O–H groups in total. The topological polar surface area (TPSA) is 15.7 Å². The fraction of sp³-hybridized carbons (Fsp3) is 0.391. The van der Waals surface area contributed by atoms with Crippen molar-refractivity contribution in [3.8, 4) is 0 Å². The maximum absolute atomic E-state index is 6.17. The molecule has 0 aliphatic carbocycles. The second-order valence-corrected chi connectivity index (χ2v) is 6.99. The third-order valence-corrected chi connectivity index (χ3v) is 4.88. The smallest absolute Gasteiger partial charge is 0.127 e. The van der Waals surface area contributed by atoms with Gasteiger partial charge in [0.2, 0.25) is 0 Å². The number of benzene rings is 2. The number of rotatable bonds is 8. The molecule has 0 radical (unpaired) electrons. The van der Waals surface area contributed by atoms with Crippen molar-refractivity contribution in [2.24, 2.45) is 0 Å². The lowest BCUT2D eigenvalue weighted by Gasteiger charge is -2.32. The van der Waals surface area contributed by atoms with E-state index in [1.54, 1.807) is 0 Å². The van der Waals surface area contributed by atoms with Gasteiger partial charge in [0.25, 0.3) is 0 Å². The van der Waals surface area contributed by atoms with Crippen LogP contribution >= 0.6 is 0 Å². The van der Waals surface area contributed by atoms with Gasteiger partial charge in [-0.2, -0.15) is 0 Å². The quantitative estimate of drug-likeness (QED) is 0.403. The van der Waals surface area contributed by atoms with E-state index in [1.165, 1.54) is 44.7 Å². The molecule has 138 valence electrons. The fourth-order valence-corrected chi connectivity index (χ4v) is 3.20. The zero-order chi connectivity index (χ0) is 18.0. The van der Waals surface area contributed by atoms with E-state index in [2.05, 4.69) is 71.5 Å². The normalized spacial score (nSPS) is 16.6. The first-order valence-electron chi connectivity index (χ1n) is 9.67. The average molecular weight is 351 g/mol. The van der Waals surface area contributed by atoms with Gasteiger partial charge in [-0.15, -0.1) is 0 Å². The van der Waals surface area contributed by atoms with Crippen LogP contribution in [-0.4, -0.2) is 56.2 Å². The lowest BCUT2D eigenvalue weighted by atomic mass is 10.1. The highest BCUT2D eigenvalue weighted by Gasteiger charge is 2.12. The molecule has 0 atom stereocenters. The number of likely N-dealkylation sites (N-methyl/N-ethyl adjacent to an activating group) is 1. The molecule has 1 heterocycles. The second kappa shape index (κ2) is 10.1. The molecular weight excluding hydrogens is 320 g/mol. The van der Waals surface area contributed by atoms with E-state index < -0.39 is 0 Å². The lowest BCUT2D eigenvalue weighted by Crippen LogP contribution is -2.44. The van der Waals surface area contributed by atoms with Crippen LogP contribution in [0.2, 0.25) is 0 Å². The van der Waals surface area contributed by atoms with Crippen molar-refractivity contribution in [2.75, 3.05) is 46.4 Å². The van der Waals surface area contributed by atoms with Gasteiger partial charge in [-0.3, -0.25) is 0 Å². The van der Waals surface area contributed by atoms with Gasteiger partial charge in [0.15, 0.2) is 0 Å². The van der Waals surface area contributed by atoms with Crippen molar-refractivity contribution in [1.29, 1.82) is 0 Å². The van der Waals surface area contributed by atoms with E-state index in [-0.39, 0.29) is 0 Å². The minimum absolute atomic E-state index is 0.765. The molecule has 0 amide bonds. The maximum Gasteiger partial charge on any atom is 0.127 e. The largest absolute Gasteiger partial charge is 0.493 e. The van der Waals surface area contributed by atoms with Crippen molar-refractivity contribution >= 4 is 11.8 Å². The van der Waals surface area contributed by atoms with Crippen LogP contribution in [0.15, 0.2) is 60.7 Å². The molecule has 0 spiro atoms. The first-order valence-corrected chi connectivity index (χ1v) is 9.67. The molecule has 2 aromatic rings. The molecule has 1 fully saturated rings.